The minimum atomic E-state index is -0.165. The summed E-state index contributed by atoms with van der Waals surface area (Å²) in [6, 6.07) is -0.165. The highest BCUT2D eigenvalue weighted by atomic mass is 32.2. The minimum absolute atomic E-state index is 0.165. The van der Waals surface area contributed by atoms with Crippen LogP contribution >= 0.6 is 11.8 Å². The Morgan fingerprint density at radius 3 is 2.65 bits per heavy atom. The van der Waals surface area contributed by atoms with Gasteiger partial charge in [0.2, 0.25) is 11.8 Å². The van der Waals surface area contributed by atoms with Crippen molar-refractivity contribution in [1.29, 1.82) is 0 Å². The average molecular weight is 297 g/mol. The highest BCUT2D eigenvalue weighted by Gasteiger charge is 2.39. The van der Waals surface area contributed by atoms with E-state index in [1.54, 1.807) is 4.90 Å². The van der Waals surface area contributed by atoms with Crippen LogP contribution in [0.15, 0.2) is 0 Å². The van der Waals surface area contributed by atoms with Gasteiger partial charge in [-0.1, -0.05) is 0 Å². The molecule has 0 aliphatic carbocycles. The number of nitrogens with zero attached hydrogens (tertiary/aromatic N) is 3. The van der Waals surface area contributed by atoms with Crippen molar-refractivity contribution in [3.05, 3.63) is 0 Å². The molecule has 1 unspecified atom stereocenters. The first-order chi connectivity index (χ1) is 9.75. The summed E-state index contributed by atoms with van der Waals surface area (Å²) >= 11 is 2.00. The molecule has 5 nitrogen and oxygen atoms in total. The highest BCUT2D eigenvalue weighted by molar-refractivity contribution is 7.99. The Morgan fingerprint density at radius 1 is 1.05 bits per heavy atom. The Hall–Kier alpha value is -0.750. The summed E-state index contributed by atoms with van der Waals surface area (Å²) in [5.41, 5.74) is 0. The van der Waals surface area contributed by atoms with E-state index in [1.165, 1.54) is 11.5 Å². The Balaban J connectivity index is 1.58. The van der Waals surface area contributed by atoms with E-state index in [-0.39, 0.29) is 17.9 Å². The summed E-state index contributed by atoms with van der Waals surface area (Å²) in [5.74, 6) is 2.74. The Kier molecular flexibility index (Phi) is 4.51. The summed E-state index contributed by atoms with van der Waals surface area (Å²) in [5, 5.41) is 0. The van der Waals surface area contributed by atoms with E-state index in [9.17, 15) is 9.59 Å². The number of carbonyl (C=O) groups is 2. The van der Waals surface area contributed by atoms with Crippen molar-refractivity contribution in [3.63, 3.8) is 0 Å². The van der Waals surface area contributed by atoms with Gasteiger partial charge < -0.3 is 9.80 Å². The van der Waals surface area contributed by atoms with Crippen molar-refractivity contribution in [2.24, 2.45) is 0 Å². The number of hydrogen-bond acceptors (Lipinski definition) is 4. The van der Waals surface area contributed by atoms with E-state index < -0.39 is 0 Å². The summed E-state index contributed by atoms with van der Waals surface area (Å²) in [6.07, 6.45) is 2.32. The summed E-state index contributed by atoms with van der Waals surface area (Å²) < 4.78 is 0. The highest BCUT2D eigenvalue weighted by Crippen LogP contribution is 2.23. The van der Waals surface area contributed by atoms with Gasteiger partial charge in [0, 0.05) is 57.2 Å². The predicted molar refractivity (Wildman–Crippen MR) is 79.7 cm³/mol. The molecule has 1 atom stereocenters. The number of hydrogen-bond donors (Lipinski definition) is 0. The Bertz CT molecular complexity index is 385. The van der Waals surface area contributed by atoms with Crippen molar-refractivity contribution >= 4 is 23.6 Å². The van der Waals surface area contributed by atoms with Crippen molar-refractivity contribution in [2.75, 3.05) is 50.8 Å². The van der Waals surface area contributed by atoms with Gasteiger partial charge in [0.05, 0.1) is 0 Å². The first-order valence-electron chi connectivity index (χ1n) is 7.64. The lowest BCUT2D eigenvalue weighted by Gasteiger charge is -2.30. The molecule has 0 radical (unpaired) electrons. The second kappa shape index (κ2) is 6.35. The molecule has 6 heteroatoms. The molecule has 0 bridgehead atoms. The smallest absolute Gasteiger partial charge is 0.245 e. The van der Waals surface area contributed by atoms with E-state index >= 15 is 0 Å². The minimum Gasteiger partial charge on any atom is -0.339 e. The van der Waals surface area contributed by atoms with Gasteiger partial charge in [-0.15, -0.1) is 0 Å². The van der Waals surface area contributed by atoms with Gasteiger partial charge >= 0.3 is 0 Å². The number of rotatable bonds is 3. The van der Waals surface area contributed by atoms with E-state index in [4.69, 9.17) is 0 Å². The zero-order chi connectivity index (χ0) is 13.9. The van der Waals surface area contributed by atoms with Gasteiger partial charge in [-0.05, 0) is 12.8 Å². The maximum Gasteiger partial charge on any atom is 0.245 e. The number of fused-ring (bicyclic) bond motifs is 1. The molecule has 3 fully saturated rings. The fourth-order valence-electron chi connectivity index (χ4n) is 3.33. The van der Waals surface area contributed by atoms with Crippen molar-refractivity contribution in [1.82, 2.24) is 14.7 Å². The molecule has 3 aliphatic heterocycles. The van der Waals surface area contributed by atoms with Crippen LogP contribution < -0.4 is 0 Å². The quantitative estimate of drug-likeness (QED) is 0.749. The molecule has 0 saturated carbocycles. The molecule has 2 amide bonds. The van der Waals surface area contributed by atoms with Gasteiger partial charge in [-0.3, -0.25) is 14.5 Å². The van der Waals surface area contributed by atoms with Crippen LogP contribution in [0.5, 0.6) is 0 Å². The third kappa shape index (κ3) is 2.96. The third-order valence-corrected chi connectivity index (χ3v) is 5.50. The molecule has 3 aliphatic rings. The van der Waals surface area contributed by atoms with Crippen LogP contribution in [0, 0.1) is 0 Å². The molecular weight excluding hydrogens is 274 g/mol. The average Bonchev–Trinajstić information content (AvgIpc) is 2.93. The van der Waals surface area contributed by atoms with Gasteiger partial charge in [-0.25, -0.2) is 0 Å². The van der Waals surface area contributed by atoms with Crippen molar-refractivity contribution in [3.8, 4) is 0 Å². The Morgan fingerprint density at radius 2 is 1.85 bits per heavy atom. The fraction of sp³-hybridized carbons (Fsp3) is 0.857. The van der Waals surface area contributed by atoms with E-state index in [0.29, 0.717) is 13.0 Å². The van der Waals surface area contributed by atoms with E-state index in [0.717, 1.165) is 45.6 Å². The summed E-state index contributed by atoms with van der Waals surface area (Å²) in [7, 11) is 0. The Labute approximate surface area is 124 Å². The second-order valence-electron chi connectivity index (χ2n) is 5.77. The van der Waals surface area contributed by atoms with E-state index in [1.807, 2.05) is 16.7 Å². The van der Waals surface area contributed by atoms with Crippen LogP contribution in [-0.2, 0) is 9.59 Å². The molecular formula is C14H23N3O2S. The zero-order valence-corrected chi connectivity index (χ0v) is 12.7. The lowest BCUT2D eigenvalue weighted by atomic mass is 10.2. The monoisotopic (exact) mass is 297 g/mol. The van der Waals surface area contributed by atoms with Crippen LogP contribution in [0.3, 0.4) is 0 Å². The van der Waals surface area contributed by atoms with Crippen LogP contribution in [0.2, 0.25) is 0 Å². The lowest BCUT2D eigenvalue weighted by Crippen LogP contribution is -2.46. The lowest BCUT2D eigenvalue weighted by molar-refractivity contribution is -0.139. The standard InChI is InChI=1S/C14H23N3O2S/c18-13-3-5-16(7-6-15-8-10-20-11-9-15)14(19)12-2-1-4-17(12)13/h12H,1-11H2. The molecule has 0 N–H and O–H groups in total. The summed E-state index contributed by atoms with van der Waals surface area (Å²) in [6.45, 7) is 5.36. The summed E-state index contributed by atoms with van der Waals surface area (Å²) in [4.78, 5) is 30.7. The first-order valence-corrected chi connectivity index (χ1v) is 8.79. The normalized spacial score (nSPS) is 28.7. The first kappa shape index (κ1) is 14.2. The third-order valence-electron chi connectivity index (χ3n) is 4.56. The van der Waals surface area contributed by atoms with Gasteiger partial charge in [0.25, 0.3) is 0 Å². The molecule has 0 spiro atoms. The van der Waals surface area contributed by atoms with Crippen molar-refractivity contribution < 1.29 is 9.59 Å². The maximum atomic E-state index is 12.6. The van der Waals surface area contributed by atoms with Crippen LogP contribution in [0.1, 0.15) is 19.3 Å². The van der Waals surface area contributed by atoms with Gasteiger partial charge in [-0.2, -0.15) is 11.8 Å². The molecule has 0 aromatic heterocycles. The largest absolute Gasteiger partial charge is 0.339 e. The van der Waals surface area contributed by atoms with Crippen molar-refractivity contribution in [2.45, 2.75) is 25.3 Å². The molecule has 20 heavy (non-hydrogen) atoms. The number of carbonyl (C=O) groups excluding carboxylic acids is 2. The van der Waals surface area contributed by atoms with Crippen LogP contribution in [-0.4, -0.2) is 83.3 Å². The fourth-order valence-corrected chi connectivity index (χ4v) is 4.30. The maximum absolute atomic E-state index is 12.6. The predicted octanol–water partition coefficient (Wildman–Crippen LogP) is 0.259. The molecule has 3 rings (SSSR count). The topological polar surface area (TPSA) is 43.9 Å². The second-order valence-corrected chi connectivity index (χ2v) is 7.00. The number of thioether (sulfide) groups is 1. The molecule has 3 saturated heterocycles. The molecule has 0 aromatic rings. The SMILES string of the molecule is O=C1C2CCCN2C(=O)CCN1CCN1CCSCC1. The number of amides is 2. The molecule has 112 valence electrons. The van der Waals surface area contributed by atoms with E-state index in [2.05, 4.69) is 4.90 Å². The molecule has 0 aromatic carbocycles. The zero-order valence-electron chi connectivity index (χ0n) is 11.9. The van der Waals surface area contributed by atoms with Gasteiger partial charge in [0.1, 0.15) is 6.04 Å². The molecule has 3 heterocycles. The van der Waals surface area contributed by atoms with Crippen LogP contribution in [0.25, 0.3) is 0 Å². The van der Waals surface area contributed by atoms with Crippen LogP contribution in [0.4, 0.5) is 0 Å². The van der Waals surface area contributed by atoms with Gasteiger partial charge in [0.15, 0.2) is 0 Å².